The fourth-order valence-electron chi connectivity index (χ4n) is 1.18. The zero-order chi connectivity index (χ0) is 11.3. The number of hydrogen-bond donors (Lipinski definition) is 1. The lowest BCUT2D eigenvalue weighted by Crippen LogP contribution is -2.02. The Morgan fingerprint density at radius 1 is 1.53 bits per heavy atom. The van der Waals surface area contributed by atoms with Gasteiger partial charge in [-0.3, -0.25) is 0 Å². The molecule has 0 aliphatic rings. The molecule has 0 unspecified atom stereocenters. The molecule has 0 radical (unpaired) electrons. The van der Waals surface area contributed by atoms with Crippen LogP contribution < -0.4 is 5.32 Å². The summed E-state index contributed by atoms with van der Waals surface area (Å²) in [6.07, 6.45) is 2.08. The molecule has 1 aromatic rings. The normalized spacial score (nSPS) is 9.20. The van der Waals surface area contributed by atoms with E-state index >= 15 is 0 Å². The van der Waals surface area contributed by atoms with Gasteiger partial charge in [0.2, 0.25) is 0 Å². The molecule has 78 valence electrons. The van der Waals surface area contributed by atoms with Gasteiger partial charge in [0, 0.05) is 12.2 Å². The van der Waals surface area contributed by atoms with Gasteiger partial charge in [0.1, 0.15) is 5.82 Å². The minimum atomic E-state index is 0.641. The summed E-state index contributed by atoms with van der Waals surface area (Å²) in [5, 5.41) is 11.9. The molecular formula is C12H15N3. The Bertz CT molecular complexity index is 409. The van der Waals surface area contributed by atoms with E-state index in [0.717, 1.165) is 18.1 Å². The fraction of sp³-hybridized carbons (Fsp3) is 0.333. The number of hydrogen-bond acceptors (Lipinski definition) is 3. The molecule has 0 spiro atoms. The lowest BCUT2D eigenvalue weighted by Gasteiger charge is -2.04. The third-order valence-corrected chi connectivity index (χ3v) is 1.88. The average molecular weight is 201 g/mol. The van der Waals surface area contributed by atoms with Gasteiger partial charge in [-0.2, -0.15) is 5.26 Å². The van der Waals surface area contributed by atoms with Crippen LogP contribution in [-0.4, -0.2) is 11.5 Å². The summed E-state index contributed by atoms with van der Waals surface area (Å²) in [6, 6.07) is 5.64. The van der Waals surface area contributed by atoms with E-state index in [1.165, 1.54) is 5.57 Å². The first-order valence-corrected chi connectivity index (χ1v) is 4.88. The first-order chi connectivity index (χ1) is 7.11. The lowest BCUT2D eigenvalue weighted by atomic mass is 10.2. The van der Waals surface area contributed by atoms with Gasteiger partial charge in [0.15, 0.2) is 0 Å². The van der Waals surface area contributed by atoms with E-state index in [1.807, 2.05) is 20.8 Å². The maximum atomic E-state index is 8.78. The predicted octanol–water partition coefficient (Wildman–Crippen LogP) is 2.64. The van der Waals surface area contributed by atoms with Gasteiger partial charge >= 0.3 is 0 Å². The highest BCUT2D eigenvalue weighted by Crippen LogP contribution is 2.08. The van der Waals surface area contributed by atoms with E-state index in [1.54, 1.807) is 12.1 Å². The summed E-state index contributed by atoms with van der Waals surface area (Å²) in [7, 11) is 0. The molecule has 0 saturated carbocycles. The van der Waals surface area contributed by atoms with Crippen molar-refractivity contribution in [1.82, 2.24) is 4.98 Å². The van der Waals surface area contributed by atoms with Crippen LogP contribution in [0.3, 0.4) is 0 Å². The van der Waals surface area contributed by atoms with Crippen LogP contribution in [0.4, 0.5) is 5.82 Å². The highest BCUT2D eigenvalue weighted by molar-refractivity contribution is 5.44. The maximum absolute atomic E-state index is 8.78. The van der Waals surface area contributed by atoms with E-state index < -0.39 is 0 Å². The summed E-state index contributed by atoms with van der Waals surface area (Å²) >= 11 is 0. The minimum Gasteiger partial charge on any atom is -0.367 e. The molecule has 0 aromatic carbocycles. The lowest BCUT2D eigenvalue weighted by molar-refractivity contribution is 1.15. The van der Waals surface area contributed by atoms with Crippen LogP contribution in [0.5, 0.6) is 0 Å². The first kappa shape index (κ1) is 11.3. The number of pyridine rings is 1. The molecule has 0 atom stereocenters. The number of nitrogens with one attached hydrogen (secondary N) is 1. The number of nitrogens with zero attached hydrogens (tertiary/aromatic N) is 2. The molecular weight excluding hydrogens is 186 g/mol. The third kappa shape index (κ3) is 3.82. The Morgan fingerprint density at radius 3 is 2.87 bits per heavy atom. The summed E-state index contributed by atoms with van der Waals surface area (Å²) in [5.74, 6) is 0.754. The molecule has 0 bridgehead atoms. The second-order valence-electron chi connectivity index (χ2n) is 3.66. The van der Waals surface area contributed by atoms with Crippen molar-refractivity contribution >= 4 is 5.82 Å². The van der Waals surface area contributed by atoms with Gasteiger partial charge in [-0.25, -0.2) is 4.98 Å². The molecule has 1 N–H and O–H groups in total. The van der Waals surface area contributed by atoms with Crippen LogP contribution in [-0.2, 0) is 0 Å². The van der Waals surface area contributed by atoms with E-state index in [-0.39, 0.29) is 0 Å². The van der Waals surface area contributed by atoms with Crippen molar-refractivity contribution < 1.29 is 0 Å². The van der Waals surface area contributed by atoms with Gasteiger partial charge < -0.3 is 5.32 Å². The molecule has 0 amide bonds. The standard InChI is InChI=1S/C12H15N3/c1-9(2)4-5-14-12-7-11(8-13)6-10(3)15-12/h4,6-7H,5H2,1-3H3,(H,14,15). The van der Waals surface area contributed by atoms with Crippen molar-refractivity contribution in [2.24, 2.45) is 0 Å². The number of allylic oxidation sites excluding steroid dienone is 1. The van der Waals surface area contributed by atoms with Gasteiger partial charge in [0.25, 0.3) is 0 Å². The molecule has 3 nitrogen and oxygen atoms in total. The van der Waals surface area contributed by atoms with Crippen LogP contribution >= 0.6 is 0 Å². The Labute approximate surface area is 90.5 Å². The van der Waals surface area contributed by atoms with Gasteiger partial charge in [-0.15, -0.1) is 0 Å². The Hall–Kier alpha value is -1.82. The second-order valence-corrected chi connectivity index (χ2v) is 3.66. The Balaban J connectivity index is 2.74. The molecule has 15 heavy (non-hydrogen) atoms. The van der Waals surface area contributed by atoms with Crippen LogP contribution in [0.2, 0.25) is 0 Å². The van der Waals surface area contributed by atoms with Crippen LogP contribution in [0.25, 0.3) is 0 Å². The van der Waals surface area contributed by atoms with Crippen molar-refractivity contribution in [3.8, 4) is 6.07 Å². The SMILES string of the molecule is CC(C)=CCNc1cc(C#N)cc(C)n1. The smallest absolute Gasteiger partial charge is 0.127 e. The molecule has 0 aliphatic heterocycles. The number of rotatable bonds is 3. The van der Waals surface area contributed by atoms with Gasteiger partial charge in [0.05, 0.1) is 11.6 Å². The largest absolute Gasteiger partial charge is 0.367 e. The zero-order valence-corrected chi connectivity index (χ0v) is 9.33. The minimum absolute atomic E-state index is 0.641. The van der Waals surface area contributed by atoms with E-state index in [4.69, 9.17) is 5.26 Å². The summed E-state index contributed by atoms with van der Waals surface area (Å²) in [4.78, 5) is 4.29. The van der Waals surface area contributed by atoms with Crippen molar-refractivity contribution in [1.29, 1.82) is 5.26 Å². The number of aryl methyl sites for hydroxylation is 1. The monoisotopic (exact) mass is 201 g/mol. The van der Waals surface area contributed by atoms with Gasteiger partial charge in [-0.1, -0.05) is 11.6 Å². The highest BCUT2D eigenvalue weighted by atomic mass is 15.0. The van der Waals surface area contributed by atoms with Crippen molar-refractivity contribution in [2.75, 3.05) is 11.9 Å². The Morgan fingerprint density at radius 2 is 2.27 bits per heavy atom. The molecule has 1 aromatic heterocycles. The summed E-state index contributed by atoms with van der Waals surface area (Å²) < 4.78 is 0. The first-order valence-electron chi connectivity index (χ1n) is 4.88. The zero-order valence-electron chi connectivity index (χ0n) is 9.33. The average Bonchev–Trinajstić information content (AvgIpc) is 2.16. The molecule has 3 heteroatoms. The van der Waals surface area contributed by atoms with Crippen molar-refractivity contribution in [3.05, 3.63) is 35.0 Å². The quantitative estimate of drug-likeness (QED) is 0.765. The van der Waals surface area contributed by atoms with Crippen LogP contribution in [0.1, 0.15) is 25.1 Å². The maximum Gasteiger partial charge on any atom is 0.127 e. The van der Waals surface area contributed by atoms with Crippen LogP contribution in [0, 0.1) is 18.3 Å². The fourth-order valence-corrected chi connectivity index (χ4v) is 1.18. The predicted molar refractivity (Wildman–Crippen MR) is 61.6 cm³/mol. The topological polar surface area (TPSA) is 48.7 Å². The highest BCUT2D eigenvalue weighted by Gasteiger charge is 1.97. The number of aromatic nitrogens is 1. The van der Waals surface area contributed by atoms with E-state index in [0.29, 0.717) is 5.56 Å². The molecule has 1 heterocycles. The van der Waals surface area contributed by atoms with Gasteiger partial charge in [-0.05, 0) is 32.9 Å². The molecule has 0 aliphatic carbocycles. The molecule has 1 rings (SSSR count). The number of nitriles is 1. The van der Waals surface area contributed by atoms with Crippen molar-refractivity contribution in [2.45, 2.75) is 20.8 Å². The summed E-state index contributed by atoms with van der Waals surface area (Å²) in [5.41, 5.74) is 2.76. The molecule has 0 saturated heterocycles. The van der Waals surface area contributed by atoms with E-state index in [9.17, 15) is 0 Å². The number of anilines is 1. The summed E-state index contributed by atoms with van der Waals surface area (Å²) in [6.45, 7) is 6.72. The van der Waals surface area contributed by atoms with E-state index in [2.05, 4.69) is 22.4 Å². The second kappa shape index (κ2) is 5.16. The van der Waals surface area contributed by atoms with Crippen molar-refractivity contribution in [3.63, 3.8) is 0 Å². The third-order valence-electron chi connectivity index (χ3n) is 1.88. The molecule has 0 fully saturated rings. The van der Waals surface area contributed by atoms with Crippen LogP contribution in [0.15, 0.2) is 23.8 Å². The Kier molecular flexibility index (Phi) is 3.87.